The zero-order valence-electron chi connectivity index (χ0n) is 12.2. The van der Waals surface area contributed by atoms with E-state index < -0.39 is 0 Å². The number of nitrogens with zero attached hydrogens (tertiary/aromatic N) is 3. The average Bonchev–Trinajstić information content (AvgIpc) is 3.07. The number of anilines is 1. The summed E-state index contributed by atoms with van der Waals surface area (Å²) in [5, 5.41) is 7.32. The Kier molecular flexibility index (Phi) is 3.97. The van der Waals surface area contributed by atoms with Crippen LogP contribution >= 0.6 is 11.3 Å². The lowest BCUT2D eigenvalue weighted by Gasteiger charge is -1.99. The van der Waals surface area contributed by atoms with Crippen LogP contribution in [0.5, 0.6) is 0 Å². The minimum atomic E-state index is -0.141. The molecule has 0 bridgehead atoms. The summed E-state index contributed by atoms with van der Waals surface area (Å²) >= 11 is 1.50. The summed E-state index contributed by atoms with van der Waals surface area (Å²) in [4.78, 5) is 21.6. The van der Waals surface area contributed by atoms with Gasteiger partial charge in [0.15, 0.2) is 5.82 Å². The van der Waals surface area contributed by atoms with Gasteiger partial charge in [-0.3, -0.25) is 9.78 Å². The summed E-state index contributed by atoms with van der Waals surface area (Å²) in [5.41, 5.74) is 1.81. The van der Waals surface area contributed by atoms with Crippen LogP contribution in [0.4, 0.5) is 5.82 Å². The zero-order chi connectivity index (χ0) is 15.5. The molecule has 0 aliphatic carbocycles. The molecule has 0 aromatic carbocycles. The van der Waals surface area contributed by atoms with Gasteiger partial charge in [0, 0.05) is 28.9 Å². The van der Waals surface area contributed by atoms with Crippen molar-refractivity contribution in [3.8, 4) is 10.6 Å². The number of thiazole rings is 1. The van der Waals surface area contributed by atoms with E-state index in [1.165, 1.54) is 11.3 Å². The summed E-state index contributed by atoms with van der Waals surface area (Å²) in [6.45, 7) is 3.68. The van der Waals surface area contributed by atoms with Gasteiger partial charge in [-0.05, 0) is 26.0 Å². The van der Waals surface area contributed by atoms with E-state index >= 15 is 0 Å². The van der Waals surface area contributed by atoms with Crippen molar-refractivity contribution in [3.63, 3.8) is 0 Å². The second-order valence-corrected chi connectivity index (χ2v) is 5.90. The van der Waals surface area contributed by atoms with Gasteiger partial charge in [0.2, 0.25) is 5.91 Å². The fourth-order valence-corrected chi connectivity index (χ4v) is 3.01. The van der Waals surface area contributed by atoms with E-state index in [1.807, 2.05) is 19.1 Å². The summed E-state index contributed by atoms with van der Waals surface area (Å²) in [6, 6.07) is 5.50. The highest BCUT2D eigenvalue weighted by atomic mass is 32.1. The molecule has 3 rings (SSSR count). The van der Waals surface area contributed by atoms with Gasteiger partial charge in [0.1, 0.15) is 10.8 Å². The molecular weight excluding hydrogens is 300 g/mol. The monoisotopic (exact) mass is 314 g/mol. The smallest absolute Gasteiger partial charge is 0.230 e. The van der Waals surface area contributed by atoms with E-state index in [-0.39, 0.29) is 12.3 Å². The second-order valence-electron chi connectivity index (χ2n) is 4.82. The first-order valence-corrected chi connectivity index (χ1v) is 7.53. The minimum absolute atomic E-state index is 0.141. The Morgan fingerprint density at radius 1 is 1.41 bits per heavy atom. The maximum atomic E-state index is 12.1. The van der Waals surface area contributed by atoms with Gasteiger partial charge in [-0.2, -0.15) is 0 Å². The maximum absolute atomic E-state index is 12.1. The fourth-order valence-electron chi connectivity index (χ4n) is 1.96. The number of hydrogen-bond donors (Lipinski definition) is 1. The number of aryl methyl sites for hydroxylation is 2. The molecule has 3 aromatic rings. The van der Waals surface area contributed by atoms with Gasteiger partial charge in [-0.25, -0.2) is 4.98 Å². The molecule has 0 fully saturated rings. The van der Waals surface area contributed by atoms with Crippen LogP contribution in [-0.2, 0) is 11.2 Å². The summed E-state index contributed by atoms with van der Waals surface area (Å²) in [5.74, 6) is 0.943. The second kappa shape index (κ2) is 6.07. The lowest BCUT2D eigenvalue weighted by Crippen LogP contribution is -2.14. The maximum Gasteiger partial charge on any atom is 0.230 e. The van der Waals surface area contributed by atoms with Crippen LogP contribution < -0.4 is 5.32 Å². The molecule has 22 heavy (non-hydrogen) atoms. The van der Waals surface area contributed by atoms with Gasteiger partial charge in [0.05, 0.1) is 12.1 Å². The third-order valence-electron chi connectivity index (χ3n) is 3.02. The van der Waals surface area contributed by atoms with Crippen molar-refractivity contribution in [1.82, 2.24) is 15.1 Å². The Hall–Kier alpha value is -2.54. The van der Waals surface area contributed by atoms with Gasteiger partial charge < -0.3 is 9.84 Å². The number of rotatable bonds is 4. The molecule has 3 aromatic heterocycles. The van der Waals surface area contributed by atoms with E-state index in [9.17, 15) is 4.79 Å². The van der Waals surface area contributed by atoms with Crippen LogP contribution in [0.3, 0.4) is 0 Å². The number of carbonyl (C=O) groups excluding carboxylic acids is 1. The molecule has 0 radical (unpaired) electrons. The SMILES string of the molecule is Cc1cc(NC(=O)Cc2sc(-c3cccnc3)nc2C)no1. The Balaban J connectivity index is 1.73. The van der Waals surface area contributed by atoms with Gasteiger partial charge in [-0.15, -0.1) is 11.3 Å². The highest BCUT2D eigenvalue weighted by Gasteiger charge is 2.14. The molecule has 0 saturated carbocycles. The molecule has 3 heterocycles. The molecule has 0 spiro atoms. The van der Waals surface area contributed by atoms with Crippen molar-refractivity contribution in [2.45, 2.75) is 20.3 Å². The molecule has 0 aliphatic heterocycles. The van der Waals surface area contributed by atoms with Crippen LogP contribution in [0.1, 0.15) is 16.3 Å². The normalized spacial score (nSPS) is 10.6. The first-order valence-electron chi connectivity index (χ1n) is 6.71. The molecule has 112 valence electrons. The molecule has 6 nitrogen and oxygen atoms in total. The predicted octanol–water partition coefficient (Wildman–Crippen LogP) is 2.99. The number of aromatic nitrogens is 3. The van der Waals surface area contributed by atoms with Crippen LogP contribution in [0.25, 0.3) is 10.6 Å². The van der Waals surface area contributed by atoms with Crippen molar-refractivity contribution < 1.29 is 9.32 Å². The molecule has 0 atom stereocenters. The molecule has 0 aliphatic rings. The number of pyridine rings is 1. The number of nitrogens with one attached hydrogen (secondary N) is 1. The Morgan fingerprint density at radius 2 is 2.27 bits per heavy atom. The zero-order valence-corrected chi connectivity index (χ0v) is 13.0. The van der Waals surface area contributed by atoms with Crippen LogP contribution in [0.2, 0.25) is 0 Å². The number of carbonyl (C=O) groups is 1. The minimum Gasteiger partial charge on any atom is -0.360 e. The van der Waals surface area contributed by atoms with E-state index in [1.54, 1.807) is 25.4 Å². The molecule has 1 N–H and O–H groups in total. The lowest BCUT2D eigenvalue weighted by atomic mass is 10.3. The van der Waals surface area contributed by atoms with Crippen molar-refractivity contribution in [1.29, 1.82) is 0 Å². The molecule has 1 amide bonds. The summed E-state index contributed by atoms with van der Waals surface area (Å²) in [6.07, 6.45) is 3.74. The van der Waals surface area contributed by atoms with Crippen LogP contribution in [-0.4, -0.2) is 21.0 Å². The summed E-state index contributed by atoms with van der Waals surface area (Å²) < 4.78 is 4.92. The van der Waals surface area contributed by atoms with Gasteiger partial charge in [0.25, 0.3) is 0 Å². The Morgan fingerprint density at radius 3 is 2.95 bits per heavy atom. The predicted molar refractivity (Wildman–Crippen MR) is 83.7 cm³/mol. The average molecular weight is 314 g/mol. The van der Waals surface area contributed by atoms with E-state index in [4.69, 9.17) is 4.52 Å². The lowest BCUT2D eigenvalue weighted by molar-refractivity contribution is -0.115. The van der Waals surface area contributed by atoms with E-state index in [0.717, 1.165) is 21.1 Å². The molecule has 7 heteroatoms. The Bertz CT molecular complexity index is 795. The van der Waals surface area contributed by atoms with Crippen LogP contribution in [0.15, 0.2) is 35.1 Å². The van der Waals surface area contributed by atoms with Crippen molar-refractivity contribution in [3.05, 3.63) is 46.9 Å². The topological polar surface area (TPSA) is 80.9 Å². The van der Waals surface area contributed by atoms with Crippen molar-refractivity contribution >= 4 is 23.1 Å². The van der Waals surface area contributed by atoms with Crippen LogP contribution in [0, 0.1) is 13.8 Å². The first kappa shape index (κ1) is 14.4. The highest BCUT2D eigenvalue weighted by Crippen LogP contribution is 2.27. The third-order valence-corrected chi connectivity index (χ3v) is 4.22. The van der Waals surface area contributed by atoms with Crippen molar-refractivity contribution in [2.75, 3.05) is 5.32 Å². The Labute approximate surface area is 131 Å². The largest absolute Gasteiger partial charge is 0.360 e. The van der Waals surface area contributed by atoms with Gasteiger partial charge >= 0.3 is 0 Å². The fraction of sp³-hybridized carbons (Fsp3) is 0.200. The standard InChI is InChI=1S/C15H14N4O2S/c1-9-6-13(19-21-9)18-14(20)7-12-10(2)17-15(22-12)11-4-3-5-16-8-11/h3-6,8H,7H2,1-2H3,(H,18,19,20). The summed E-state index contributed by atoms with van der Waals surface area (Å²) in [7, 11) is 0. The highest BCUT2D eigenvalue weighted by molar-refractivity contribution is 7.15. The molecular formula is C15H14N4O2S. The third kappa shape index (κ3) is 3.20. The van der Waals surface area contributed by atoms with E-state index in [2.05, 4.69) is 20.4 Å². The molecule has 0 unspecified atom stereocenters. The van der Waals surface area contributed by atoms with E-state index in [0.29, 0.717) is 11.6 Å². The number of amides is 1. The number of hydrogen-bond acceptors (Lipinski definition) is 6. The van der Waals surface area contributed by atoms with Crippen molar-refractivity contribution in [2.24, 2.45) is 0 Å². The molecule has 0 saturated heterocycles. The quantitative estimate of drug-likeness (QED) is 0.800. The van der Waals surface area contributed by atoms with Gasteiger partial charge in [-0.1, -0.05) is 5.16 Å². The first-order chi connectivity index (χ1) is 10.6.